The van der Waals surface area contributed by atoms with Crippen LogP contribution in [0.2, 0.25) is 0 Å². The molecule has 0 bridgehead atoms. The van der Waals surface area contributed by atoms with E-state index < -0.39 is 10.0 Å². The molecule has 112 valence electrons. The number of ether oxygens (including phenoxy) is 1. The first-order chi connectivity index (χ1) is 9.94. The maximum Gasteiger partial charge on any atom is 0.263 e. The average molecular weight is 371 g/mol. The summed E-state index contributed by atoms with van der Waals surface area (Å²) in [6.45, 7) is 0.314. The Bertz CT molecular complexity index is 748. The summed E-state index contributed by atoms with van der Waals surface area (Å²) in [6.07, 6.45) is 0. The van der Waals surface area contributed by atoms with Gasteiger partial charge in [0.25, 0.3) is 10.0 Å². The molecule has 0 saturated heterocycles. The van der Waals surface area contributed by atoms with Gasteiger partial charge < -0.3 is 10.5 Å². The molecule has 0 heterocycles. The van der Waals surface area contributed by atoms with Gasteiger partial charge in [0.1, 0.15) is 4.90 Å². The van der Waals surface area contributed by atoms with Gasteiger partial charge in [0.05, 0.1) is 18.0 Å². The number of methoxy groups -OCH3 is 1. The molecular formula is C14H15BrN2O3S. The molecule has 2 aromatic rings. The summed E-state index contributed by atoms with van der Waals surface area (Å²) in [5.74, 6) is 0. The Kier molecular flexibility index (Phi) is 4.87. The van der Waals surface area contributed by atoms with Crippen LogP contribution in [0.15, 0.2) is 51.8 Å². The Labute approximate surface area is 132 Å². The second-order valence-electron chi connectivity index (χ2n) is 4.38. The second kappa shape index (κ2) is 6.46. The van der Waals surface area contributed by atoms with E-state index in [1.165, 1.54) is 6.07 Å². The van der Waals surface area contributed by atoms with Gasteiger partial charge in [-0.25, -0.2) is 8.42 Å². The zero-order valence-corrected chi connectivity index (χ0v) is 13.7. The van der Waals surface area contributed by atoms with Gasteiger partial charge in [-0.15, -0.1) is 0 Å². The number of hydrogen-bond acceptors (Lipinski definition) is 4. The van der Waals surface area contributed by atoms with Gasteiger partial charge in [0.2, 0.25) is 0 Å². The summed E-state index contributed by atoms with van der Waals surface area (Å²) >= 11 is 3.25. The van der Waals surface area contributed by atoms with Gasteiger partial charge in [0, 0.05) is 17.1 Å². The molecule has 0 saturated carbocycles. The van der Waals surface area contributed by atoms with Gasteiger partial charge in [-0.1, -0.05) is 34.1 Å². The summed E-state index contributed by atoms with van der Waals surface area (Å²) < 4.78 is 33.2. The Balaban J connectivity index is 2.38. The van der Waals surface area contributed by atoms with Crippen molar-refractivity contribution in [3.63, 3.8) is 0 Å². The Morgan fingerprint density at radius 1 is 1.24 bits per heavy atom. The molecule has 0 unspecified atom stereocenters. The highest BCUT2D eigenvalue weighted by Crippen LogP contribution is 2.26. The molecule has 0 amide bonds. The van der Waals surface area contributed by atoms with Crippen LogP contribution in [0.4, 0.5) is 11.4 Å². The van der Waals surface area contributed by atoms with Crippen molar-refractivity contribution in [1.29, 1.82) is 0 Å². The molecule has 0 aliphatic rings. The van der Waals surface area contributed by atoms with Gasteiger partial charge in [0.15, 0.2) is 0 Å². The highest BCUT2D eigenvalue weighted by Gasteiger charge is 2.18. The van der Waals surface area contributed by atoms with Crippen LogP contribution in [0.5, 0.6) is 0 Å². The number of nitrogen functional groups attached to an aromatic ring is 1. The normalized spacial score (nSPS) is 11.3. The highest BCUT2D eigenvalue weighted by atomic mass is 79.9. The summed E-state index contributed by atoms with van der Waals surface area (Å²) in [5.41, 5.74) is 7.19. The van der Waals surface area contributed by atoms with E-state index in [0.717, 1.165) is 10.0 Å². The minimum absolute atomic E-state index is 0.0397. The lowest BCUT2D eigenvalue weighted by Gasteiger charge is -2.13. The van der Waals surface area contributed by atoms with Gasteiger partial charge in [-0.05, 0) is 24.3 Å². The third kappa shape index (κ3) is 3.75. The van der Waals surface area contributed by atoms with Crippen LogP contribution >= 0.6 is 15.9 Å². The minimum Gasteiger partial charge on any atom is -0.398 e. The number of nitrogens with two attached hydrogens (primary N) is 1. The van der Waals surface area contributed by atoms with Crippen molar-refractivity contribution in [2.75, 3.05) is 17.6 Å². The Hall–Kier alpha value is -1.57. The van der Waals surface area contributed by atoms with Crippen molar-refractivity contribution in [2.24, 2.45) is 0 Å². The number of rotatable bonds is 5. The molecular weight excluding hydrogens is 356 g/mol. The molecule has 0 atom stereocenters. The van der Waals surface area contributed by atoms with Crippen molar-refractivity contribution < 1.29 is 13.2 Å². The SMILES string of the molecule is COCc1ccccc1NS(=O)(=O)c1ccc(Br)cc1N. The van der Waals surface area contributed by atoms with E-state index in [-0.39, 0.29) is 10.6 Å². The van der Waals surface area contributed by atoms with Crippen LogP contribution in [0.3, 0.4) is 0 Å². The zero-order valence-electron chi connectivity index (χ0n) is 11.3. The van der Waals surface area contributed by atoms with E-state index in [4.69, 9.17) is 10.5 Å². The fraction of sp³-hybridized carbons (Fsp3) is 0.143. The minimum atomic E-state index is -3.75. The van der Waals surface area contributed by atoms with Crippen LogP contribution in [0.25, 0.3) is 0 Å². The van der Waals surface area contributed by atoms with E-state index >= 15 is 0 Å². The molecule has 0 aliphatic heterocycles. The molecule has 7 heteroatoms. The van der Waals surface area contributed by atoms with Crippen LogP contribution in [-0.4, -0.2) is 15.5 Å². The topological polar surface area (TPSA) is 81.4 Å². The summed E-state index contributed by atoms with van der Waals surface area (Å²) in [6, 6.07) is 11.7. The van der Waals surface area contributed by atoms with Crippen LogP contribution < -0.4 is 10.5 Å². The first-order valence-electron chi connectivity index (χ1n) is 6.09. The molecule has 0 aromatic heterocycles. The first-order valence-corrected chi connectivity index (χ1v) is 8.36. The van der Waals surface area contributed by atoms with Crippen molar-refractivity contribution in [3.8, 4) is 0 Å². The molecule has 0 aliphatic carbocycles. The quantitative estimate of drug-likeness (QED) is 0.792. The Morgan fingerprint density at radius 2 is 1.95 bits per heavy atom. The number of anilines is 2. The number of nitrogens with one attached hydrogen (secondary N) is 1. The van der Waals surface area contributed by atoms with Crippen LogP contribution in [0.1, 0.15) is 5.56 Å². The summed E-state index contributed by atoms with van der Waals surface area (Å²) in [5, 5.41) is 0. The second-order valence-corrected chi connectivity index (χ2v) is 6.94. The van der Waals surface area contributed by atoms with Crippen LogP contribution in [0, 0.1) is 0 Å². The average Bonchev–Trinajstić information content (AvgIpc) is 2.40. The fourth-order valence-corrected chi connectivity index (χ4v) is 3.46. The third-order valence-electron chi connectivity index (χ3n) is 2.82. The third-order valence-corrected chi connectivity index (χ3v) is 4.76. The molecule has 0 radical (unpaired) electrons. The van der Waals surface area contributed by atoms with Gasteiger partial charge in [-0.3, -0.25) is 4.72 Å². The van der Waals surface area contributed by atoms with Crippen molar-refractivity contribution >= 4 is 37.3 Å². The molecule has 21 heavy (non-hydrogen) atoms. The van der Waals surface area contributed by atoms with E-state index in [2.05, 4.69) is 20.7 Å². The van der Waals surface area contributed by atoms with Crippen molar-refractivity contribution in [2.45, 2.75) is 11.5 Å². The van der Waals surface area contributed by atoms with E-state index in [9.17, 15) is 8.42 Å². The van der Waals surface area contributed by atoms with E-state index in [1.807, 2.05) is 6.07 Å². The lowest BCUT2D eigenvalue weighted by Crippen LogP contribution is -2.16. The van der Waals surface area contributed by atoms with E-state index in [1.54, 1.807) is 37.4 Å². The monoisotopic (exact) mass is 370 g/mol. The highest BCUT2D eigenvalue weighted by molar-refractivity contribution is 9.10. The maximum atomic E-state index is 12.4. The lowest BCUT2D eigenvalue weighted by molar-refractivity contribution is 0.185. The number of sulfonamides is 1. The first kappa shape index (κ1) is 15.8. The summed E-state index contributed by atoms with van der Waals surface area (Å²) in [7, 11) is -2.20. The molecule has 0 spiro atoms. The maximum absolute atomic E-state index is 12.4. The fourth-order valence-electron chi connectivity index (χ4n) is 1.87. The molecule has 0 fully saturated rings. The largest absolute Gasteiger partial charge is 0.398 e. The Morgan fingerprint density at radius 3 is 2.62 bits per heavy atom. The number of para-hydroxylation sites is 1. The molecule has 2 rings (SSSR count). The summed E-state index contributed by atoms with van der Waals surface area (Å²) in [4.78, 5) is 0.0397. The van der Waals surface area contributed by atoms with E-state index in [0.29, 0.717) is 12.3 Å². The van der Waals surface area contributed by atoms with Crippen molar-refractivity contribution in [1.82, 2.24) is 0 Å². The van der Waals surface area contributed by atoms with Crippen LogP contribution in [-0.2, 0) is 21.4 Å². The number of benzene rings is 2. The van der Waals surface area contributed by atoms with Gasteiger partial charge in [-0.2, -0.15) is 0 Å². The molecule has 5 nitrogen and oxygen atoms in total. The predicted molar refractivity (Wildman–Crippen MR) is 86.5 cm³/mol. The molecule has 3 N–H and O–H groups in total. The standard InChI is InChI=1S/C14H15BrN2O3S/c1-20-9-10-4-2-3-5-13(10)17-21(18,19)14-7-6-11(15)8-12(14)16/h2-8,17H,9,16H2,1H3. The lowest BCUT2D eigenvalue weighted by atomic mass is 10.2. The smallest absolute Gasteiger partial charge is 0.263 e. The molecule has 2 aromatic carbocycles. The number of hydrogen-bond donors (Lipinski definition) is 2. The number of halogens is 1. The van der Waals surface area contributed by atoms with Gasteiger partial charge >= 0.3 is 0 Å². The van der Waals surface area contributed by atoms with Crippen molar-refractivity contribution in [3.05, 3.63) is 52.5 Å². The zero-order chi connectivity index (χ0) is 15.5. The predicted octanol–water partition coefficient (Wildman–Crippen LogP) is 2.98.